The summed E-state index contributed by atoms with van der Waals surface area (Å²) in [5.74, 6) is 1.44. The second kappa shape index (κ2) is 11.0. The van der Waals surface area contributed by atoms with Gasteiger partial charge < -0.3 is 0 Å². The lowest BCUT2D eigenvalue weighted by Crippen LogP contribution is -2.30. The molecule has 0 atom stereocenters. The molecule has 5 heteroatoms. The third kappa shape index (κ3) is 6.04. The molecule has 0 N–H and O–H groups in total. The lowest BCUT2D eigenvalue weighted by Gasteiger charge is -2.20. The number of para-hydroxylation sites is 1. The Balaban J connectivity index is 1.51. The molecule has 170 valence electrons. The van der Waals surface area contributed by atoms with E-state index in [2.05, 4.69) is 75.4 Å². The van der Waals surface area contributed by atoms with Crippen molar-refractivity contribution in [1.82, 2.24) is 4.98 Å². The summed E-state index contributed by atoms with van der Waals surface area (Å²) in [6, 6.07) is 25.1. The van der Waals surface area contributed by atoms with Crippen molar-refractivity contribution in [2.45, 2.75) is 51.0 Å². The van der Waals surface area contributed by atoms with Crippen LogP contribution in [0.2, 0.25) is 0 Å². The van der Waals surface area contributed by atoms with E-state index >= 15 is 0 Å². The molecule has 1 aromatic heterocycles. The van der Waals surface area contributed by atoms with Crippen LogP contribution in [0.3, 0.4) is 0 Å². The summed E-state index contributed by atoms with van der Waals surface area (Å²) in [4.78, 5) is 21.5. The number of hydrogen-bond acceptors (Lipinski definition) is 4. The highest BCUT2D eigenvalue weighted by Gasteiger charge is 2.21. The number of hydrogen-bond donors (Lipinski definition) is 0. The van der Waals surface area contributed by atoms with E-state index in [0.29, 0.717) is 18.9 Å². The molecule has 3 aromatic carbocycles. The molecule has 0 spiro atoms. The van der Waals surface area contributed by atoms with E-state index in [1.54, 1.807) is 11.3 Å². The zero-order valence-electron chi connectivity index (χ0n) is 19.5. The highest BCUT2D eigenvalue weighted by Crippen LogP contribution is 2.34. The second-order valence-electron chi connectivity index (χ2n) is 8.58. The molecule has 3 nitrogen and oxygen atoms in total. The van der Waals surface area contributed by atoms with Crippen LogP contribution in [0.15, 0.2) is 77.7 Å². The molecular weight excluding hydrogens is 444 g/mol. The monoisotopic (exact) mass is 474 g/mol. The number of nitrogens with zero attached hydrogens (tertiary/aromatic N) is 2. The minimum atomic E-state index is 0.133. The fourth-order valence-electron chi connectivity index (χ4n) is 3.75. The van der Waals surface area contributed by atoms with Crippen LogP contribution in [0.1, 0.15) is 49.3 Å². The number of benzene rings is 3. The molecule has 4 rings (SSSR count). The summed E-state index contributed by atoms with van der Waals surface area (Å²) in [5.41, 5.74) is 4.63. The average molecular weight is 475 g/mol. The van der Waals surface area contributed by atoms with E-state index in [9.17, 15) is 4.79 Å². The standard InChI is InChI=1S/C28H30N2OS2/c1-20(2)24-11-7-12-25-27(24)29-28(33-25)30(19-22-9-5-4-6-10-22)26(31)13-8-18-32-23-16-14-21(3)15-17-23/h4-7,9-12,14-17,20H,8,13,18-19H2,1-3H3. The number of thiazole rings is 1. The van der Waals surface area contributed by atoms with Crippen LogP contribution in [-0.4, -0.2) is 16.6 Å². The highest BCUT2D eigenvalue weighted by molar-refractivity contribution is 7.99. The first-order valence-corrected chi connectivity index (χ1v) is 13.2. The number of fused-ring (bicyclic) bond motifs is 1. The fourth-order valence-corrected chi connectivity index (χ4v) is 5.62. The first-order valence-electron chi connectivity index (χ1n) is 11.4. The Labute approximate surface area is 204 Å². The van der Waals surface area contributed by atoms with Crippen molar-refractivity contribution < 1.29 is 4.79 Å². The summed E-state index contributed by atoms with van der Waals surface area (Å²) < 4.78 is 1.14. The summed E-state index contributed by atoms with van der Waals surface area (Å²) in [7, 11) is 0. The predicted octanol–water partition coefficient (Wildman–Crippen LogP) is 7.83. The van der Waals surface area contributed by atoms with Crippen molar-refractivity contribution in [3.8, 4) is 0 Å². The molecule has 0 bridgehead atoms. The van der Waals surface area contributed by atoms with E-state index in [1.165, 1.54) is 16.0 Å². The largest absolute Gasteiger partial charge is 0.284 e. The van der Waals surface area contributed by atoms with Crippen LogP contribution in [0, 0.1) is 6.92 Å². The van der Waals surface area contributed by atoms with Crippen LogP contribution in [-0.2, 0) is 11.3 Å². The first kappa shape index (κ1) is 23.5. The van der Waals surface area contributed by atoms with Gasteiger partial charge in [-0.05, 0) is 54.3 Å². The predicted molar refractivity (Wildman–Crippen MR) is 142 cm³/mol. The Bertz CT molecular complexity index is 1200. The zero-order chi connectivity index (χ0) is 23.2. The number of anilines is 1. The Hall–Kier alpha value is -2.63. The summed E-state index contributed by atoms with van der Waals surface area (Å²) in [5, 5.41) is 0.790. The second-order valence-corrected chi connectivity index (χ2v) is 10.8. The molecule has 0 aliphatic rings. The number of amides is 1. The Morgan fingerprint density at radius 1 is 1.00 bits per heavy atom. The SMILES string of the molecule is Cc1ccc(SCCCC(=O)N(Cc2ccccc2)c2nc3c(C(C)C)cccc3s2)cc1. The van der Waals surface area contributed by atoms with Crippen molar-refractivity contribution >= 4 is 44.4 Å². The van der Waals surface area contributed by atoms with Crippen LogP contribution in [0.4, 0.5) is 5.13 Å². The molecular formula is C28H30N2OS2. The van der Waals surface area contributed by atoms with Gasteiger partial charge in [-0.2, -0.15) is 0 Å². The zero-order valence-corrected chi connectivity index (χ0v) is 21.1. The number of carbonyl (C=O) groups is 1. The summed E-state index contributed by atoms with van der Waals surface area (Å²) in [6.45, 7) is 7.01. The van der Waals surface area contributed by atoms with Gasteiger partial charge >= 0.3 is 0 Å². The molecule has 1 heterocycles. The van der Waals surface area contributed by atoms with E-state index in [1.807, 2.05) is 34.9 Å². The van der Waals surface area contributed by atoms with E-state index in [0.717, 1.165) is 33.1 Å². The van der Waals surface area contributed by atoms with Gasteiger partial charge in [0.2, 0.25) is 5.91 Å². The molecule has 0 fully saturated rings. The minimum Gasteiger partial charge on any atom is -0.284 e. The molecule has 4 aromatic rings. The third-order valence-corrected chi connectivity index (χ3v) is 7.74. The van der Waals surface area contributed by atoms with Gasteiger partial charge in [-0.15, -0.1) is 11.8 Å². The van der Waals surface area contributed by atoms with Crippen LogP contribution in [0.5, 0.6) is 0 Å². The van der Waals surface area contributed by atoms with Gasteiger partial charge in [0.25, 0.3) is 0 Å². The van der Waals surface area contributed by atoms with Crippen molar-refractivity contribution in [3.63, 3.8) is 0 Å². The van der Waals surface area contributed by atoms with Crippen molar-refractivity contribution in [2.75, 3.05) is 10.7 Å². The lowest BCUT2D eigenvalue weighted by molar-refractivity contribution is -0.118. The normalized spacial score (nSPS) is 11.3. The van der Waals surface area contributed by atoms with Gasteiger partial charge in [0, 0.05) is 11.3 Å². The highest BCUT2D eigenvalue weighted by atomic mass is 32.2. The molecule has 0 radical (unpaired) electrons. The average Bonchev–Trinajstić information content (AvgIpc) is 3.26. The Morgan fingerprint density at radius 3 is 2.48 bits per heavy atom. The van der Waals surface area contributed by atoms with E-state index in [-0.39, 0.29) is 5.91 Å². The molecule has 1 amide bonds. The van der Waals surface area contributed by atoms with Crippen LogP contribution in [0.25, 0.3) is 10.2 Å². The molecule has 0 saturated heterocycles. The van der Waals surface area contributed by atoms with Gasteiger partial charge in [-0.1, -0.05) is 85.3 Å². The van der Waals surface area contributed by atoms with Crippen molar-refractivity contribution in [3.05, 3.63) is 89.5 Å². The lowest BCUT2D eigenvalue weighted by atomic mass is 10.0. The Kier molecular flexibility index (Phi) is 7.84. The number of aryl methyl sites for hydroxylation is 1. The first-order chi connectivity index (χ1) is 16.0. The van der Waals surface area contributed by atoms with Gasteiger partial charge in [0.1, 0.15) is 0 Å². The molecule has 0 aliphatic carbocycles. The molecule has 0 aliphatic heterocycles. The number of carbonyl (C=O) groups excluding carboxylic acids is 1. The van der Waals surface area contributed by atoms with Crippen LogP contribution >= 0.6 is 23.1 Å². The van der Waals surface area contributed by atoms with Gasteiger partial charge in [-0.3, -0.25) is 9.69 Å². The molecule has 0 unspecified atom stereocenters. The van der Waals surface area contributed by atoms with Gasteiger partial charge in [0.05, 0.1) is 16.8 Å². The number of rotatable bonds is 9. The van der Waals surface area contributed by atoms with Crippen molar-refractivity contribution in [2.24, 2.45) is 0 Å². The van der Waals surface area contributed by atoms with Gasteiger partial charge in [-0.25, -0.2) is 4.98 Å². The number of thioether (sulfide) groups is 1. The van der Waals surface area contributed by atoms with E-state index in [4.69, 9.17) is 4.98 Å². The maximum Gasteiger partial charge on any atom is 0.229 e. The fraction of sp³-hybridized carbons (Fsp3) is 0.286. The van der Waals surface area contributed by atoms with Crippen LogP contribution < -0.4 is 4.90 Å². The summed E-state index contributed by atoms with van der Waals surface area (Å²) in [6.07, 6.45) is 1.35. The van der Waals surface area contributed by atoms with E-state index < -0.39 is 0 Å². The topological polar surface area (TPSA) is 33.2 Å². The maximum absolute atomic E-state index is 13.4. The van der Waals surface area contributed by atoms with Crippen molar-refractivity contribution in [1.29, 1.82) is 0 Å². The number of aromatic nitrogens is 1. The summed E-state index contributed by atoms with van der Waals surface area (Å²) >= 11 is 3.42. The smallest absolute Gasteiger partial charge is 0.229 e. The quantitative estimate of drug-likeness (QED) is 0.183. The van der Waals surface area contributed by atoms with Gasteiger partial charge in [0.15, 0.2) is 5.13 Å². The molecule has 0 saturated carbocycles. The minimum absolute atomic E-state index is 0.133. The Morgan fingerprint density at radius 2 is 1.76 bits per heavy atom. The maximum atomic E-state index is 13.4. The third-order valence-electron chi connectivity index (χ3n) is 5.60. The molecule has 33 heavy (non-hydrogen) atoms.